The van der Waals surface area contributed by atoms with E-state index >= 15 is 0 Å². The summed E-state index contributed by atoms with van der Waals surface area (Å²) < 4.78 is 5.48. The lowest BCUT2D eigenvalue weighted by Gasteiger charge is -2.36. The smallest absolute Gasteiger partial charge is 0.353 e. The van der Waals surface area contributed by atoms with Crippen molar-refractivity contribution in [2.24, 2.45) is 5.16 Å². The van der Waals surface area contributed by atoms with Gasteiger partial charge in [0.2, 0.25) is 11.5 Å². The summed E-state index contributed by atoms with van der Waals surface area (Å²) in [5.41, 5.74) is -0.169. The second-order valence-corrected chi connectivity index (χ2v) is 13.2. The Bertz CT molecular complexity index is 1620. The van der Waals surface area contributed by atoms with Crippen molar-refractivity contribution < 1.29 is 24.0 Å². The van der Waals surface area contributed by atoms with E-state index in [-0.39, 0.29) is 17.3 Å². The van der Waals surface area contributed by atoms with Crippen LogP contribution in [0, 0.1) is 0 Å². The van der Waals surface area contributed by atoms with Gasteiger partial charge in [-0.15, -0.1) is 11.3 Å². The molecular formula is C35H37N5O5S. The Labute approximate surface area is 272 Å². The third kappa shape index (κ3) is 7.10. The predicted molar refractivity (Wildman–Crippen MR) is 177 cm³/mol. The van der Waals surface area contributed by atoms with Crippen LogP contribution in [0.15, 0.2) is 102 Å². The zero-order valence-electron chi connectivity index (χ0n) is 26.4. The molecule has 238 valence electrons. The van der Waals surface area contributed by atoms with Gasteiger partial charge in [0.1, 0.15) is 22.9 Å². The number of β-lactam (4-membered cyclic amide) rings is 1. The highest BCUT2D eigenvalue weighted by Gasteiger charge is 2.39. The first-order valence-corrected chi connectivity index (χ1v) is 15.8. The van der Waals surface area contributed by atoms with Crippen molar-refractivity contribution >= 4 is 40.0 Å². The number of carbonyl (C=O) groups is 3. The van der Waals surface area contributed by atoms with E-state index in [0.29, 0.717) is 11.7 Å². The maximum absolute atomic E-state index is 13.5. The quantitative estimate of drug-likeness (QED) is 0.0692. The molecule has 0 spiro atoms. The molecule has 0 bridgehead atoms. The minimum atomic E-state index is -1.52. The molecule has 1 fully saturated rings. The summed E-state index contributed by atoms with van der Waals surface area (Å²) in [7, 11) is 0. The molecular weight excluding hydrogens is 602 g/mol. The molecule has 0 radical (unpaired) electrons. The number of ether oxygens (including phenoxy) is 1. The van der Waals surface area contributed by atoms with Gasteiger partial charge in [-0.05, 0) is 51.3 Å². The minimum Gasteiger partial charge on any atom is -0.457 e. The molecule has 11 heteroatoms. The molecule has 4 aromatic rings. The third-order valence-corrected chi connectivity index (χ3v) is 7.99. The molecule has 2 heterocycles. The van der Waals surface area contributed by atoms with E-state index in [9.17, 15) is 14.4 Å². The van der Waals surface area contributed by atoms with Crippen LogP contribution in [0.5, 0.6) is 0 Å². The molecule has 1 aliphatic heterocycles. The summed E-state index contributed by atoms with van der Waals surface area (Å²) in [6.07, 6.45) is 0. The van der Waals surface area contributed by atoms with Gasteiger partial charge in [-0.2, -0.15) is 0 Å². The van der Waals surface area contributed by atoms with Gasteiger partial charge < -0.3 is 25.5 Å². The highest BCUT2D eigenvalue weighted by molar-refractivity contribution is 7.14. The van der Waals surface area contributed by atoms with E-state index in [1.54, 1.807) is 26.2 Å². The highest BCUT2D eigenvalue weighted by atomic mass is 32.1. The maximum atomic E-state index is 13.5. The molecule has 0 aliphatic carbocycles. The average molecular weight is 640 g/mol. The summed E-state index contributed by atoms with van der Waals surface area (Å²) in [6, 6.07) is 29.4. The fraction of sp³-hybridized carbons (Fsp3) is 0.286. The Morgan fingerprint density at radius 2 is 1.39 bits per heavy atom. The second kappa shape index (κ2) is 13.1. The van der Waals surface area contributed by atoms with Crippen LogP contribution in [0.4, 0.5) is 5.13 Å². The number of benzene rings is 3. The zero-order chi connectivity index (χ0) is 33.0. The predicted octanol–water partition coefficient (Wildman–Crippen LogP) is 5.00. The number of carbonyl (C=O) groups excluding carboxylic acids is 3. The number of rotatable bonds is 11. The number of hydrogen-bond acceptors (Lipinski definition) is 9. The van der Waals surface area contributed by atoms with Gasteiger partial charge in [-0.25, -0.2) is 9.78 Å². The lowest BCUT2D eigenvalue weighted by Crippen LogP contribution is -2.62. The van der Waals surface area contributed by atoms with Gasteiger partial charge in [0.15, 0.2) is 10.8 Å². The van der Waals surface area contributed by atoms with E-state index in [2.05, 4.69) is 57.5 Å². The molecule has 1 saturated heterocycles. The first kappa shape index (κ1) is 32.4. The lowest BCUT2D eigenvalue weighted by atomic mass is 9.77. The van der Waals surface area contributed by atoms with Crippen molar-refractivity contribution in [2.75, 3.05) is 11.9 Å². The number of amides is 2. The van der Waals surface area contributed by atoms with Crippen LogP contribution >= 0.6 is 11.3 Å². The Kier molecular flexibility index (Phi) is 9.24. The van der Waals surface area contributed by atoms with Gasteiger partial charge in [-0.1, -0.05) is 96.2 Å². The molecule has 46 heavy (non-hydrogen) atoms. The fourth-order valence-corrected chi connectivity index (χ4v) is 5.57. The van der Waals surface area contributed by atoms with E-state index in [4.69, 9.17) is 14.6 Å². The molecule has 0 saturated carbocycles. The summed E-state index contributed by atoms with van der Waals surface area (Å²) in [5.74, 6) is -1.63. The standard InChI is InChI=1S/C35H37N5O5S/c1-33(2,3)44-31(43)34(4,5)45-40-28(30(42)37-26-21-36-29(26)41)27-22-46-32(38-27)39-35(23-15-9-6-10-16-23,24-17-11-7-12-18-24)25-19-13-8-14-20-25/h6-20,22,26H,21H2,1-5H3,(H,36,41)(H,37,42)(H,38,39). The van der Waals surface area contributed by atoms with E-state index in [1.165, 1.54) is 25.2 Å². The minimum absolute atomic E-state index is 0.189. The molecule has 1 unspecified atom stereocenters. The first-order valence-electron chi connectivity index (χ1n) is 14.9. The number of oxime groups is 1. The van der Waals surface area contributed by atoms with Crippen molar-refractivity contribution in [2.45, 2.75) is 57.4 Å². The molecule has 2 amide bonds. The van der Waals surface area contributed by atoms with Gasteiger partial charge in [0.25, 0.3) is 5.91 Å². The Morgan fingerprint density at radius 3 is 1.83 bits per heavy atom. The maximum Gasteiger partial charge on any atom is 0.353 e. The van der Waals surface area contributed by atoms with Crippen LogP contribution in [0.25, 0.3) is 0 Å². The van der Waals surface area contributed by atoms with Crippen molar-refractivity contribution in [3.05, 3.63) is 119 Å². The highest BCUT2D eigenvalue weighted by Crippen LogP contribution is 2.40. The van der Waals surface area contributed by atoms with Gasteiger partial charge in [0, 0.05) is 11.9 Å². The molecule has 10 nitrogen and oxygen atoms in total. The topological polar surface area (TPSA) is 131 Å². The Balaban J connectivity index is 1.55. The number of nitrogens with zero attached hydrogens (tertiary/aromatic N) is 2. The average Bonchev–Trinajstić information content (AvgIpc) is 3.50. The number of anilines is 1. The Hall–Kier alpha value is -5.03. The number of aromatic nitrogens is 1. The number of nitrogens with one attached hydrogen (secondary N) is 3. The Morgan fingerprint density at radius 1 is 0.870 bits per heavy atom. The molecule has 3 aromatic carbocycles. The van der Waals surface area contributed by atoms with E-state index in [1.807, 2.05) is 54.6 Å². The summed E-state index contributed by atoms with van der Waals surface area (Å²) in [5, 5.41) is 15.3. The van der Waals surface area contributed by atoms with Crippen molar-refractivity contribution in [3.63, 3.8) is 0 Å². The summed E-state index contributed by atoms with van der Waals surface area (Å²) in [4.78, 5) is 48.7. The van der Waals surface area contributed by atoms with Gasteiger partial charge in [0.05, 0.1) is 0 Å². The monoisotopic (exact) mass is 639 g/mol. The van der Waals surface area contributed by atoms with Crippen LogP contribution < -0.4 is 16.0 Å². The third-order valence-electron chi connectivity index (χ3n) is 7.23. The van der Waals surface area contributed by atoms with Gasteiger partial charge >= 0.3 is 5.97 Å². The van der Waals surface area contributed by atoms with E-state index in [0.717, 1.165) is 16.7 Å². The van der Waals surface area contributed by atoms with Crippen molar-refractivity contribution in [1.29, 1.82) is 0 Å². The van der Waals surface area contributed by atoms with E-state index < -0.39 is 34.7 Å². The van der Waals surface area contributed by atoms with Gasteiger partial charge in [-0.3, -0.25) is 9.59 Å². The van der Waals surface area contributed by atoms with Crippen LogP contribution in [0.3, 0.4) is 0 Å². The van der Waals surface area contributed by atoms with Crippen molar-refractivity contribution in [3.8, 4) is 0 Å². The molecule has 1 aliphatic rings. The fourth-order valence-electron chi connectivity index (χ4n) is 4.81. The molecule has 5 rings (SSSR count). The van der Waals surface area contributed by atoms with Crippen LogP contribution in [0.2, 0.25) is 0 Å². The number of esters is 1. The van der Waals surface area contributed by atoms with Crippen LogP contribution in [-0.4, -0.2) is 52.3 Å². The normalized spacial score (nSPS) is 15.3. The summed E-state index contributed by atoms with van der Waals surface area (Å²) in [6.45, 7) is 8.54. The molecule has 1 aromatic heterocycles. The summed E-state index contributed by atoms with van der Waals surface area (Å²) >= 11 is 1.28. The SMILES string of the molecule is CC(C)(C)OC(=O)C(C)(C)ON=C(C(=O)NC1CNC1=O)c1csc(NC(c2ccccc2)(c2ccccc2)c2ccccc2)n1. The van der Waals surface area contributed by atoms with Crippen molar-refractivity contribution in [1.82, 2.24) is 15.6 Å². The lowest BCUT2D eigenvalue weighted by molar-refractivity contribution is -0.179. The molecule has 3 N–H and O–H groups in total. The van der Waals surface area contributed by atoms with Crippen LogP contribution in [0.1, 0.15) is 57.0 Å². The molecule has 1 atom stereocenters. The number of thiazole rings is 1. The first-order chi connectivity index (χ1) is 21.9. The van der Waals surface area contributed by atoms with Crippen LogP contribution in [-0.2, 0) is 29.5 Å². The zero-order valence-corrected chi connectivity index (χ0v) is 27.2. The second-order valence-electron chi connectivity index (χ2n) is 12.3. The largest absolute Gasteiger partial charge is 0.457 e. The number of hydrogen-bond donors (Lipinski definition) is 3.